The molecular weight excluding hydrogens is 347 g/mol. The highest BCUT2D eigenvalue weighted by molar-refractivity contribution is 7.89. The molecule has 1 aromatic heterocycles. The zero-order chi connectivity index (χ0) is 16.3. The summed E-state index contributed by atoms with van der Waals surface area (Å²) in [6, 6.07) is 5.71. The van der Waals surface area contributed by atoms with E-state index in [0.717, 1.165) is 5.56 Å². The highest BCUT2D eigenvalue weighted by atomic mass is 35.5. The molecule has 2 aromatic rings. The summed E-state index contributed by atoms with van der Waals surface area (Å²) < 4.78 is 40.9. The van der Waals surface area contributed by atoms with Crippen molar-refractivity contribution in [3.63, 3.8) is 0 Å². The van der Waals surface area contributed by atoms with Crippen molar-refractivity contribution in [2.75, 3.05) is 20.6 Å². The first-order valence-corrected chi connectivity index (χ1v) is 9.25. The molecule has 0 saturated heterocycles. The number of thiophene rings is 1. The van der Waals surface area contributed by atoms with Crippen molar-refractivity contribution < 1.29 is 12.8 Å². The number of hydrogen-bond acceptors (Lipinski definition) is 4. The smallest absolute Gasteiger partial charge is 0.243 e. The summed E-state index contributed by atoms with van der Waals surface area (Å²) in [6.07, 6.45) is 0. The Balaban J connectivity index is 2.20. The third kappa shape index (κ3) is 3.85. The van der Waals surface area contributed by atoms with Gasteiger partial charge in [-0.25, -0.2) is 17.5 Å². The van der Waals surface area contributed by atoms with Crippen molar-refractivity contribution in [3.05, 3.63) is 51.4 Å². The lowest BCUT2D eigenvalue weighted by atomic mass is 10.1. The topological polar surface area (TPSA) is 49.4 Å². The van der Waals surface area contributed by atoms with Gasteiger partial charge in [-0.05, 0) is 48.6 Å². The Bertz CT molecular complexity index is 733. The van der Waals surface area contributed by atoms with Gasteiger partial charge in [0.05, 0.1) is 5.02 Å². The predicted octanol–water partition coefficient (Wildman–Crippen LogP) is 3.12. The Hall–Kier alpha value is -0.990. The number of hydrogen-bond donors (Lipinski definition) is 1. The lowest BCUT2D eigenvalue weighted by Crippen LogP contribution is -2.34. The van der Waals surface area contributed by atoms with Crippen LogP contribution >= 0.6 is 22.9 Å². The number of nitrogens with one attached hydrogen (secondary N) is 1. The van der Waals surface area contributed by atoms with Crippen LogP contribution in [0, 0.1) is 5.82 Å². The molecule has 0 saturated carbocycles. The van der Waals surface area contributed by atoms with Crippen LogP contribution in [-0.4, -0.2) is 34.0 Å². The Morgan fingerprint density at radius 3 is 2.68 bits per heavy atom. The minimum absolute atomic E-state index is 0.136. The molecule has 0 amide bonds. The van der Waals surface area contributed by atoms with E-state index in [1.54, 1.807) is 0 Å². The normalized spacial score (nSPS) is 13.5. The van der Waals surface area contributed by atoms with Crippen molar-refractivity contribution in [2.45, 2.75) is 10.9 Å². The first-order valence-electron chi connectivity index (χ1n) is 6.45. The molecule has 0 unspecified atom stereocenters. The molecule has 0 fully saturated rings. The molecule has 0 aliphatic carbocycles. The summed E-state index contributed by atoms with van der Waals surface area (Å²) in [4.78, 5) is 1.46. The number of halogens is 2. The molecule has 1 heterocycles. The average molecular weight is 363 g/mol. The average Bonchev–Trinajstić information content (AvgIpc) is 2.95. The summed E-state index contributed by atoms with van der Waals surface area (Å²) in [5.41, 5.74) is 1.00. The Labute approximate surface area is 138 Å². The van der Waals surface area contributed by atoms with Crippen molar-refractivity contribution >= 4 is 33.0 Å². The van der Waals surface area contributed by atoms with Gasteiger partial charge >= 0.3 is 0 Å². The van der Waals surface area contributed by atoms with Gasteiger partial charge in [-0.3, -0.25) is 0 Å². The molecule has 0 aliphatic rings. The fraction of sp³-hybridized carbons (Fsp3) is 0.286. The van der Waals surface area contributed by atoms with Crippen LogP contribution < -0.4 is 4.72 Å². The summed E-state index contributed by atoms with van der Waals surface area (Å²) >= 11 is 7.18. The van der Waals surface area contributed by atoms with Gasteiger partial charge in [0, 0.05) is 12.6 Å². The van der Waals surface area contributed by atoms with E-state index in [-0.39, 0.29) is 17.6 Å². The summed E-state index contributed by atoms with van der Waals surface area (Å²) in [5.74, 6) is -0.936. The minimum Gasteiger partial charge on any atom is -0.301 e. The monoisotopic (exact) mass is 362 g/mol. The van der Waals surface area contributed by atoms with Crippen molar-refractivity contribution in [1.29, 1.82) is 0 Å². The summed E-state index contributed by atoms with van der Waals surface area (Å²) in [5, 5.41) is 3.67. The van der Waals surface area contributed by atoms with Gasteiger partial charge in [0.25, 0.3) is 0 Å². The third-order valence-electron chi connectivity index (χ3n) is 3.22. The maximum atomic E-state index is 13.9. The number of likely N-dealkylation sites (N-methyl/N-ethyl adjacent to an activating group) is 1. The van der Waals surface area contributed by atoms with Crippen molar-refractivity contribution in [2.24, 2.45) is 0 Å². The molecule has 1 aromatic carbocycles. The molecule has 4 nitrogen and oxygen atoms in total. The molecule has 1 atom stereocenters. The highest BCUT2D eigenvalue weighted by Crippen LogP contribution is 2.23. The number of sulfonamides is 1. The van der Waals surface area contributed by atoms with Gasteiger partial charge in [-0.1, -0.05) is 17.7 Å². The predicted molar refractivity (Wildman–Crippen MR) is 87.3 cm³/mol. The highest BCUT2D eigenvalue weighted by Gasteiger charge is 2.23. The molecule has 0 spiro atoms. The van der Waals surface area contributed by atoms with E-state index >= 15 is 0 Å². The standard InChI is InChI=1S/C14H16ClFN2O2S2/c1-18(2)12(10-6-7-21-9-10)8-17-22(19,20)13-5-3-4-11(15)14(13)16/h3-7,9,12,17H,8H2,1-2H3/t12-/m0/s1. The number of rotatable bonds is 6. The second-order valence-electron chi connectivity index (χ2n) is 4.94. The fourth-order valence-corrected chi connectivity index (χ4v) is 4.10. The van der Waals surface area contributed by atoms with Crippen LogP contribution in [0.2, 0.25) is 5.02 Å². The lowest BCUT2D eigenvalue weighted by Gasteiger charge is -2.24. The van der Waals surface area contributed by atoms with Gasteiger partial charge in [-0.2, -0.15) is 11.3 Å². The second kappa shape index (κ2) is 7.06. The lowest BCUT2D eigenvalue weighted by molar-refractivity contribution is 0.300. The van der Waals surface area contributed by atoms with Crippen LogP contribution in [0.1, 0.15) is 11.6 Å². The van der Waals surface area contributed by atoms with Crippen LogP contribution in [0.4, 0.5) is 4.39 Å². The Kier molecular flexibility index (Phi) is 5.57. The van der Waals surface area contributed by atoms with Crippen molar-refractivity contribution in [1.82, 2.24) is 9.62 Å². The largest absolute Gasteiger partial charge is 0.301 e. The van der Waals surface area contributed by atoms with Gasteiger partial charge in [-0.15, -0.1) is 0 Å². The number of benzene rings is 1. The van der Waals surface area contributed by atoms with Gasteiger partial charge in [0.15, 0.2) is 5.82 Å². The molecule has 120 valence electrons. The first kappa shape index (κ1) is 17.4. The van der Waals surface area contributed by atoms with Gasteiger partial charge in [0.2, 0.25) is 10.0 Å². The van der Waals surface area contributed by atoms with E-state index in [4.69, 9.17) is 11.6 Å². The summed E-state index contributed by atoms with van der Waals surface area (Å²) in [6.45, 7) is 0.137. The minimum atomic E-state index is -3.97. The van der Waals surface area contributed by atoms with Crippen LogP contribution in [0.25, 0.3) is 0 Å². The van der Waals surface area contributed by atoms with E-state index in [2.05, 4.69) is 4.72 Å². The molecule has 0 bridgehead atoms. The zero-order valence-electron chi connectivity index (χ0n) is 12.1. The zero-order valence-corrected chi connectivity index (χ0v) is 14.5. The van der Waals surface area contributed by atoms with Crippen LogP contribution in [0.3, 0.4) is 0 Å². The van der Waals surface area contributed by atoms with Crippen molar-refractivity contribution in [3.8, 4) is 0 Å². The second-order valence-corrected chi connectivity index (χ2v) is 7.86. The third-order valence-corrected chi connectivity index (χ3v) is 5.66. The molecule has 2 rings (SSSR count). The maximum absolute atomic E-state index is 13.9. The van der Waals surface area contributed by atoms with E-state index in [1.807, 2.05) is 35.8 Å². The van der Waals surface area contributed by atoms with E-state index in [0.29, 0.717) is 0 Å². The molecule has 1 N–H and O–H groups in total. The SMILES string of the molecule is CN(C)[C@@H](CNS(=O)(=O)c1cccc(Cl)c1F)c1ccsc1. The maximum Gasteiger partial charge on any atom is 0.243 e. The van der Waals surface area contributed by atoms with Crippen LogP contribution in [0.15, 0.2) is 39.9 Å². The fourth-order valence-electron chi connectivity index (χ4n) is 2.02. The molecule has 22 heavy (non-hydrogen) atoms. The van der Waals surface area contributed by atoms with Crippen LogP contribution in [0.5, 0.6) is 0 Å². The summed E-state index contributed by atoms with van der Waals surface area (Å²) in [7, 11) is -0.250. The van der Waals surface area contributed by atoms with E-state index in [1.165, 1.54) is 29.5 Å². The molecule has 0 aliphatic heterocycles. The Morgan fingerprint density at radius 2 is 2.09 bits per heavy atom. The number of nitrogens with zero attached hydrogens (tertiary/aromatic N) is 1. The van der Waals surface area contributed by atoms with E-state index in [9.17, 15) is 12.8 Å². The van der Waals surface area contributed by atoms with Gasteiger partial charge in [0.1, 0.15) is 4.90 Å². The first-order chi connectivity index (χ1) is 10.3. The van der Waals surface area contributed by atoms with E-state index < -0.39 is 20.7 Å². The van der Waals surface area contributed by atoms with Crippen LogP contribution in [-0.2, 0) is 10.0 Å². The quantitative estimate of drug-likeness (QED) is 0.858. The molecular formula is C14H16ClFN2O2S2. The molecule has 0 radical (unpaired) electrons. The van der Waals surface area contributed by atoms with Gasteiger partial charge < -0.3 is 4.90 Å². The molecule has 8 heteroatoms. The Morgan fingerprint density at radius 1 is 1.36 bits per heavy atom.